The highest BCUT2D eigenvalue weighted by atomic mass is 79.9. The van der Waals surface area contributed by atoms with Crippen molar-refractivity contribution in [1.82, 2.24) is 19.9 Å². The van der Waals surface area contributed by atoms with Crippen LogP contribution in [0.5, 0.6) is 0 Å². The van der Waals surface area contributed by atoms with Gasteiger partial charge in [0.2, 0.25) is 0 Å². The highest BCUT2D eigenvalue weighted by Crippen LogP contribution is 2.16. The van der Waals surface area contributed by atoms with E-state index < -0.39 is 11.9 Å². The molecule has 9 nitrogen and oxygen atoms in total. The Bertz CT molecular complexity index is 940. The summed E-state index contributed by atoms with van der Waals surface area (Å²) >= 11 is 3.06. The standard InChI is InChI=1S/C12H11N3O2.C6H5BrN2O2/c1-17-12(16)10-11(14-8-7-13-10)15-9-5-3-2-4-6-9;1-11-6(10)4-5(7)9-3-2-8-4/h2-8H,1H3,(H,14,15);2-3H,1H3. The molecule has 10 heteroatoms. The van der Waals surface area contributed by atoms with Crippen LogP contribution in [0.3, 0.4) is 0 Å². The first kappa shape index (κ1) is 20.9. The summed E-state index contributed by atoms with van der Waals surface area (Å²) in [6, 6.07) is 9.42. The van der Waals surface area contributed by atoms with E-state index in [1.54, 1.807) is 0 Å². The fraction of sp³-hybridized carbons (Fsp3) is 0.111. The Labute approximate surface area is 169 Å². The highest BCUT2D eigenvalue weighted by Gasteiger charge is 2.14. The molecule has 0 spiro atoms. The number of rotatable bonds is 4. The molecule has 0 aliphatic heterocycles. The van der Waals surface area contributed by atoms with Gasteiger partial charge < -0.3 is 14.8 Å². The van der Waals surface area contributed by atoms with Crippen molar-refractivity contribution in [3.63, 3.8) is 0 Å². The molecular formula is C18H16BrN5O4. The van der Waals surface area contributed by atoms with Gasteiger partial charge in [0.25, 0.3) is 0 Å². The second-order valence-corrected chi connectivity index (χ2v) is 5.67. The van der Waals surface area contributed by atoms with Crippen molar-refractivity contribution < 1.29 is 19.1 Å². The smallest absolute Gasteiger partial charge is 0.360 e. The van der Waals surface area contributed by atoms with Gasteiger partial charge >= 0.3 is 11.9 Å². The molecule has 144 valence electrons. The van der Waals surface area contributed by atoms with Crippen LogP contribution in [-0.4, -0.2) is 46.1 Å². The molecule has 0 aliphatic carbocycles. The van der Waals surface area contributed by atoms with E-state index in [4.69, 9.17) is 0 Å². The molecule has 1 N–H and O–H groups in total. The molecule has 0 unspecified atom stereocenters. The predicted octanol–water partition coefficient (Wildman–Crippen LogP) is 3.03. The molecule has 0 aliphatic rings. The molecule has 1 aromatic carbocycles. The molecule has 2 heterocycles. The molecule has 2 aromatic heterocycles. The van der Waals surface area contributed by atoms with Crippen LogP contribution < -0.4 is 5.32 Å². The number of carbonyl (C=O) groups is 2. The number of hydrogen-bond donors (Lipinski definition) is 1. The Morgan fingerprint density at radius 2 is 1.36 bits per heavy atom. The molecule has 0 saturated heterocycles. The number of methoxy groups -OCH3 is 2. The van der Waals surface area contributed by atoms with Gasteiger partial charge in [0.15, 0.2) is 17.2 Å². The lowest BCUT2D eigenvalue weighted by Gasteiger charge is -2.07. The Hall–Kier alpha value is -3.40. The number of esters is 2. The average Bonchev–Trinajstić information content (AvgIpc) is 2.74. The molecule has 3 rings (SSSR count). The minimum atomic E-state index is -0.517. The van der Waals surface area contributed by atoms with E-state index in [1.807, 2.05) is 30.3 Å². The molecule has 0 atom stereocenters. The van der Waals surface area contributed by atoms with Crippen molar-refractivity contribution in [1.29, 1.82) is 0 Å². The van der Waals surface area contributed by atoms with Crippen molar-refractivity contribution in [3.05, 3.63) is 71.1 Å². The van der Waals surface area contributed by atoms with Crippen LogP contribution in [0.25, 0.3) is 0 Å². The highest BCUT2D eigenvalue weighted by molar-refractivity contribution is 9.10. The summed E-state index contributed by atoms with van der Waals surface area (Å²) in [6.45, 7) is 0. The van der Waals surface area contributed by atoms with E-state index in [-0.39, 0.29) is 11.4 Å². The summed E-state index contributed by atoms with van der Waals surface area (Å²) in [5, 5.41) is 3.01. The summed E-state index contributed by atoms with van der Waals surface area (Å²) in [7, 11) is 2.60. The largest absolute Gasteiger partial charge is 0.464 e. The van der Waals surface area contributed by atoms with Crippen LogP contribution in [0.4, 0.5) is 11.5 Å². The van der Waals surface area contributed by atoms with Crippen molar-refractivity contribution in [2.45, 2.75) is 0 Å². The van der Waals surface area contributed by atoms with Gasteiger partial charge in [0, 0.05) is 30.5 Å². The maximum atomic E-state index is 11.5. The van der Waals surface area contributed by atoms with Gasteiger partial charge in [-0.3, -0.25) is 0 Å². The number of ether oxygens (including phenoxy) is 2. The Morgan fingerprint density at radius 3 is 1.96 bits per heavy atom. The molecule has 0 amide bonds. The molecule has 28 heavy (non-hydrogen) atoms. The lowest BCUT2D eigenvalue weighted by Crippen LogP contribution is -2.09. The van der Waals surface area contributed by atoms with Crippen LogP contribution in [0.15, 0.2) is 59.7 Å². The lowest BCUT2D eigenvalue weighted by atomic mass is 10.3. The summed E-state index contributed by atoms with van der Waals surface area (Å²) < 4.78 is 9.47. The fourth-order valence-electron chi connectivity index (χ4n) is 1.89. The number of hydrogen-bond acceptors (Lipinski definition) is 9. The van der Waals surface area contributed by atoms with Crippen molar-refractivity contribution in [2.24, 2.45) is 0 Å². The second kappa shape index (κ2) is 10.7. The number of anilines is 2. The topological polar surface area (TPSA) is 116 Å². The van der Waals surface area contributed by atoms with Gasteiger partial charge in [-0.1, -0.05) is 18.2 Å². The Kier molecular flexibility index (Phi) is 7.97. The molecular weight excluding hydrogens is 430 g/mol. The van der Waals surface area contributed by atoms with Gasteiger partial charge in [-0.2, -0.15) is 0 Å². The lowest BCUT2D eigenvalue weighted by molar-refractivity contribution is 0.0584. The van der Waals surface area contributed by atoms with Crippen LogP contribution in [0.2, 0.25) is 0 Å². The van der Waals surface area contributed by atoms with Crippen molar-refractivity contribution in [2.75, 3.05) is 19.5 Å². The zero-order valence-electron chi connectivity index (χ0n) is 15.0. The fourth-order valence-corrected chi connectivity index (χ4v) is 2.27. The number of benzene rings is 1. The normalized spacial score (nSPS) is 9.54. The SMILES string of the molecule is COC(=O)c1nccnc1Br.COC(=O)c1nccnc1Nc1ccccc1. The third-order valence-corrected chi connectivity index (χ3v) is 3.73. The monoisotopic (exact) mass is 445 g/mol. The molecule has 0 radical (unpaired) electrons. The first-order chi connectivity index (χ1) is 13.6. The van der Waals surface area contributed by atoms with E-state index >= 15 is 0 Å². The van der Waals surface area contributed by atoms with Crippen LogP contribution >= 0.6 is 15.9 Å². The van der Waals surface area contributed by atoms with Gasteiger partial charge in [0.05, 0.1) is 14.2 Å². The van der Waals surface area contributed by atoms with Crippen LogP contribution in [0.1, 0.15) is 21.0 Å². The van der Waals surface area contributed by atoms with E-state index in [1.165, 1.54) is 39.0 Å². The van der Waals surface area contributed by atoms with Gasteiger partial charge in [-0.15, -0.1) is 0 Å². The van der Waals surface area contributed by atoms with E-state index in [0.29, 0.717) is 10.4 Å². The zero-order chi connectivity index (χ0) is 20.4. The van der Waals surface area contributed by atoms with Crippen molar-refractivity contribution >= 4 is 39.4 Å². The molecule has 0 fully saturated rings. The molecule has 0 bridgehead atoms. The summed E-state index contributed by atoms with van der Waals surface area (Å²) in [4.78, 5) is 37.9. The van der Waals surface area contributed by atoms with Crippen molar-refractivity contribution in [3.8, 4) is 0 Å². The second-order valence-electron chi connectivity index (χ2n) is 4.92. The minimum absolute atomic E-state index is 0.166. The first-order valence-corrected chi connectivity index (χ1v) is 8.62. The van der Waals surface area contributed by atoms with E-state index in [0.717, 1.165) is 5.69 Å². The number of nitrogens with one attached hydrogen (secondary N) is 1. The van der Waals surface area contributed by atoms with E-state index in [9.17, 15) is 9.59 Å². The molecule has 0 saturated carbocycles. The predicted molar refractivity (Wildman–Crippen MR) is 104 cm³/mol. The number of carbonyl (C=O) groups excluding carboxylic acids is 2. The Morgan fingerprint density at radius 1 is 0.821 bits per heavy atom. The number of nitrogens with zero attached hydrogens (tertiary/aromatic N) is 4. The maximum Gasteiger partial charge on any atom is 0.360 e. The van der Waals surface area contributed by atoms with Gasteiger partial charge in [-0.05, 0) is 28.1 Å². The zero-order valence-corrected chi connectivity index (χ0v) is 16.6. The number of aromatic nitrogens is 4. The Balaban J connectivity index is 0.000000221. The third kappa shape index (κ3) is 5.81. The molecule has 3 aromatic rings. The third-order valence-electron chi connectivity index (χ3n) is 3.15. The minimum Gasteiger partial charge on any atom is -0.464 e. The van der Waals surface area contributed by atoms with Crippen LogP contribution in [0, 0.1) is 0 Å². The number of halogens is 1. The average molecular weight is 446 g/mol. The maximum absolute atomic E-state index is 11.5. The van der Waals surface area contributed by atoms with Gasteiger partial charge in [-0.25, -0.2) is 29.5 Å². The van der Waals surface area contributed by atoms with Gasteiger partial charge in [0.1, 0.15) is 4.60 Å². The summed E-state index contributed by atoms with van der Waals surface area (Å²) in [6.07, 6.45) is 5.87. The summed E-state index contributed by atoms with van der Waals surface area (Å²) in [5.41, 5.74) is 1.19. The quantitative estimate of drug-likeness (QED) is 0.604. The summed E-state index contributed by atoms with van der Waals surface area (Å²) in [5.74, 6) is -0.632. The van der Waals surface area contributed by atoms with Crippen LogP contribution in [-0.2, 0) is 9.47 Å². The first-order valence-electron chi connectivity index (χ1n) is 7.83. The van der Waals surface area contributed by atoms with E-state index in [2.05, 4.69) is 50.7 Å². The number of para-hydroxylation sites is 1.